The van der Waals surface area contributed by atoms with Gasteiger partial charge in [0.25, 0.3) is 0 Å². The Morgan fingerprint density at radius 2 is 2.00 bits per heavy atom. The van der Waals surface area contributed by atoms with Gasteiger partial charge in [-0.15, -0.1) is 0 Å². The standard InChI is InChI=1S/C20H24N8O/c1-3-12-27-18-16(24-20(27)28-13-6-10-23-28)17(21)25-19(26-18)22-11-9-14-7-4-5-8-15(14)29-2/h4-8,10,13H,3,9,11-12H2,1-2H3,(H3,21,22,25,26). The van der Waals surface area contributed by atoms with Crippen LogP contribution in [0.4, 0.5) is 11.8 Å². The summed E-state index contributed by atoms with van der Waals surface area (Å²) in [7, 11) is 1.68. The molecule has 0 spiro atoms. The van der Waals surface area contributed by atoms with Gasteiger partial charge in [0.2, 0.25) is 11.9 Å². The zero-order chi connectivity index (χ0) is 20.2. The summed E-state index contributed by atoms with van der Waals surface area (Å²) >= 11 is 0. The molecule has 0 aliphatic rings. The molecule has 0 radical (unpaired) electrons. The first-order valence-corrected chi connectivity index (χ1v) is 9.60. The van der Waals surface area contributed by atoms with E-state index in [0.717, 1.165) is 30.7 Å². The van der Waals surface area contributed by atoms with E-state index < -0.39 is 0 Å². The van der Waals surface area contributed by atoms with Crippen molar-refractivity contribution in [3.8, 4) is 11.7 Å². The molecule has 0 atom stereocenters. The lowest BCUT2D eigenvalue weighted by molar-refractivity contribution is 0.410. The molecule has 0 unspecified atom stereocenters. The molecule has 3 aromatic heterocycles. The van der Waals surface area contributed by atoms with Gasteiger partial charge in [0.1, 0.15) is 5.75 Å². The lowest BCUT2D eigenvalue weighted by Gasteiger charge is -2.10. The fraction of sp³-hybridized carbons (Fsp3) is 0.300. The molecule has 0 saturated heterocycles. The van der Waals surface area contributed by atoms with Gasteiger partial charge in [0.15, 0.2) is 17.0 Å². The van der Waals surface area contributed by atoms with Crippen LogP contribution >= 0.6 is 0 Å². The highest BCUT2D eigenvalue weighted by Gasteiger charge is 2.17. The van der Waals surface area contributed by atoms with Crippen LogP contribution in [0.3, 0.4) is 0 Å². The van der Waals surface area contributed by atoms with E-state index in [1.807, 2.05) is 41.1 Å². The predicted molar refractivity (Wildman–Crippen MR) is 112 cm³/mol. The van der Waals surface area contributed by atoms with E-state index in [1.54, 1.807) is 18.0 Å². The number of hydrogen-bond acceptors (Lipinski definition) is 7. The minimum Gasteiger partial charge on any atom is -0.496 e. The number of ether oxygens (including phenoxy) is 1. The first kappa shape index (κ1) is 18.7. The summed E-state index contributed by atoms with van der Waals surface area (Å²) in [6.07, 6.45) is 5.27. The molecule has 0 bridgehead atoms. The number of imidazole rings is 1. The van der Waals surface area contributed by atoms with Gasteiger partial charge in [-0.25, -0.2) is 9.67 Å². The van der Waals surface area contributed by atoms with Crippen LogP contribution in [0.15, 0.2) is 42.7 Å². The fourth-order valence-electron chi connectivity index (χ4n) is 3.30. The Labute approximate surface area is 168 Å². The van der Waals surface area contributed by atoms with Gasteiger partial charge in [0.05, 0.1) is 7.11 Å². The third kappa shape index (κ3) is 3.71. The molecule has 4 rings (SSSR count). The summed E-state index contributed by atoms with van der Waals surface area (Å²) in [6, 6.07) is 9.81. The van der Waals surface area contributed by atoms with Crippen LogP contribution in [-0.2, 0) is 13.0 Å². The molecule has 0 aliphatic carbocycles. The second-order valence-electron chi connectivity index (χ2n) is 6.61. The molecule has 4 aromatic rings. The van der Waals surface area contributed by atoms with Crippen LogP contribution in [-0.4, -0.2) is 43.0 Å². The van der Waals surface area contributed by atoms with Crippen LogP contribution in [0.2, 0.25) is 0 Å². The van der Waals surface area contributed by atoms with Gasteiger partial charge in [-0.05, 0) is 30.5 Å². The number of aromatic nitrogens is 6. The molecular formula is C20H24N8O. The zero-order valence-electron chi connectivity index (χ0n) is 16.5. The van der Waals surface area contributed by atoms with E-state index in [9.17, 15) is 0 Å². The molecule has 0 amide bonds. The summed E-state index contributed by atoms with van der Waals surface area (Å²) in [5.74, 6) is 2.38. The average Bonchev–Trinajstić information content (AvgIpc) is 3.37. The third-order valence-electron chi connectivity index (χ3n) is 4.63. The molecule has 0 saturated carbocycles. The van der Waals surface area contributed by atoms with Gasteiger partial charge >= 0.3 is 0 Å². The van der Waals surface area contributed by atoms with Crippen molar-refractivity contribution < 1.29 is 4.74 Å². The van der Waals surface area contributed by atoms with Gasteiger partial charge in [-0.2, -0.15) is 15.1 Å². The number of benzene rings is 1. The highest BCUT2D eigenvalue weighted by molar-refractivity contribution is 5.84. The van der Waals surface area contributed by atoms with Crippen molar-refractivity contribution in [2.75, 3.05) is 24.7 Å². The molecule has 9 nitrogen and oxygen atoms in total. The molecule has 0 fully saturated rings. The van der Waals surface area contributed by atoms with Gasteiger partial charge < -0.3 is 15.8 Å². The molecule has 150 valence electrons. The van der Waals surface area contributed by atoms with Crippen molar-refractivity contribution in [1.29, 1.82) is 0 Å². The van der Waals surface area contributed by atoms with Crippen LogP contribution in [0, 0.1) is 0 Å². The van der Waals surface area contributed by atoms with Crippen molar-refractivity contribution in [3.05, 3.63) is 48.3 Å². The van der Waals surface area contributed by atoms with E-state index in [-0.39, 0.29) is 0 Å². The highest BCUT2D eigenvalue weighted by atomic mass is 16.5. The number of rotatable bonds is 8. The van der Waals surface area contributed by atoms with Crippen molar-refractivity contribution in [2.45, 2.75) is 26.3 Å². The number of anilines is 2. The Morgan fingerprint density at radius 3 is 2.76 bits per heavy atom. The lowest BCUT2D eigenvalue weighted by Crippen LogP contribution is -2.11. The first-order valence-electron chi connectivity index (χ1n) is 9.60. The fourth-order valence-corrected chi connectivity index (χ4v) is 3.30. The number of nitrogen functional groups attached to an aromatic ring is 1. The monoisotopic (exact) mass is 392 g/mol. The zero-order valence-corrected chi connectivity index (χ0v) is 16.5. The summed E-state index contributed by atoms with van der Waals surface area (Å²) in [6.45, 7) is 3.51. The van der Waals surface area contributed by atoms with Crippen molar-refractivity contribution in [3.63, 3.8) is 0 Å². The number of hydrogen-bond donors (Lipinski definition) is 2. The average molecular weight is 392 g/mol. The number of fused-ring (bicyclic) bond motifs is 1. The highest BCUT2D eigenvalue weighted by Crippen LogP contribution is 2.23. The minimum atomic E-state index is 0.345. The molecule has 0 aliphatic heterocycles. The Hall–Kier alpha value is -3.62. The van der Waals surface area contributed by atoms with E-state index >= 15 is 0 Å². The van der Waals surface area contributed by atoms with Gasteiger partial charge in [-0.3, -0.25) is 4.57 Å². The molecule has 29 heavy (non-hydrogen) atoms. The SMILES string of the molecule is CCCn1c(-n2cccn2)nc2c(N)nc(NCCc3ccccc3OC)nc21. The van der Waals surface area contributed by atoms with Crippen LogP contribution in [0.25, 0.3) is 17.1 Å². The van der Waals surface area contributed by atoms with Crippen LogP contribution in [0.1, 0.15) is 18.9 Å². The predicted octanol–water partition coefficient (Wildman–Crippen LogP) is 2.67. The summed E-state index contributed by atoms with van der Waals surface area (Å²) in [5, 5.41) is 7.56. The summed E-state index contributed by atoms with van der Waals surface area (Å²) in [5.41, 5.74) is 8.60. The topological polar surface area (TPSA) is 109 Å². The summed E-state index contributed by atoms with van der Waals surface area (Å²) in [4.78, 5) is 13.7. The molecule has 3 N–H and O–H groups in total. The maximum absolute atomic E-state index is 6.20. The van der Waals surface area contributed by atoms with Crippen molar-refractivity contribution in [2.24, 2.45) is 0 Å². The quantitative estimate of drug-likeness (QED) is 0.474. The Kier molecular flexibility index (Phi) is 5.28. The normalized spacial score (nSPS) is 11.1. The number of methoxy groups -OCH3 is 1. The lowest BCUT2D eigenvalue weighted by atomic mass is 10.1. The Balaban J connectivity index is 1.61. The second kappa shape index (κ2) is 8.17. The second-order valence-corrected chi connectivity index (χ2v) is 6.61. The maximum Gasteiger partial charge on any atom is 0.233 e. The number of nitrogens with zero attached hydrogens (tertiary/aromatic N) is 6. The van der Waals surface area contributed by atoms with E-state index in [1.165, 1.54) is 0 Å². The number of nitrogens with two attached hydrogens (primary N) is 1. The van der Waals surface area contributed by atoms with Crippen molar-refractivity contribution in [1.82, 2.24) is 29.3 Å². The van der Waals surface area contributed by atoms with Gasteiger partial charge in [-0.1, -0.05) is 25.1 Å². The van der Waals surface area contributed by atoms with Crippen LogP contribution < -0.4 is 15.8 Å². The van der Waals surface area contributed by atoms with E-state index in [4.69, 9.17) is 10.5 Å². The third-order valence-corrected chi connectivity index (χ3v) is 4.63. The largest absolute Gasteiger partial charge is 0.496 e. The van der Waals surface area contributed by atoms with Crippen LogP contribution in [0.5, 0.6) is 5.75 Å². The first-order chi connectivity index (χ1) is 14.2. The Bertz CT molecular complexity index is 1100. The Morgan fingerprint density at radius 1 is 1.14 bits per heavy atom. The molecule has 9 heteroatoms. The smallest absolute Gasteiger partial charge is 0.233 e. The van der Waals surface area contributed by atoms with Gasteiger partial charge in [0, 0.05) is 25.5 Å². The van der Waals surface area contributed by atoms with E-state index in [0.29, 0.717) is 35.4 Å². The summed E-state index contributed by atoms with van der Waals surface area (Å²) < 4.78 is 9.14. The molecule has 3 heterocycles. The number of aryl methyl sites for hydroxylation is 1. The number of para-hydroxylation sites is 1. The minimum absolute atomic E-state index is 0.345. The molecular weight excluding hydrogens is 368 g/mol. The number of nitrogens with one attached hydrogen (secondary N) is 1. The van der Waals surface area contributed by atoms with E-state index in [2.05, 4.69) is 32.3 Å². The van der Waals surface area contributed by atoms with Crippen molar-refractivity contribution >= 4 is 22.9 Å². The molecule has 1 aromatic carbocycles. The maximum atomic E-state index is 6.20.